The highest BCUT2D eigenvalue weighted by Gasteiger charge is 2.23. The number of thiocarbonyl (C=S) groups is 1. The molecule has 0 aromatic carbocycles. The third kappa shape index (κ3) is 4.63. The summed E-state index contributed by atoms with van der Waals surface area (Å²) in [5.41, 5.74) is 9.20. The highest BCUT2D eigenvalue weighted by atomic mass is 32.2. The van der Waals surface area contributed by atoms with Gasteiger partial charge in [0, 0.05) is 6.26 Å². The second kappa shape index (κ2) is 4.38. The van der Waals surface area contributed by atoms with Gasteiger partial charge in [0.2, 0.25) is 0 Å². The first-order valence-electron chi connectivity index (χ1n) is 3.29. The Bertz CT molecular complexity index is 311. The number of hydrazine groups is 1. The van der Waals surface area contributed by atoms with Gasteiger partial charge in [-0.15, -0.1) is 0 Å². The average molecular weight is 225 g/mol. The van der Waals surface area contributed by atoms with Gasteiger partial charge in [-0.05, 0) is 19.1 Å². The topological polar surface area (TPSA) is 101 Å². The molecule has 0 aliphatic carbocycles. The van der Waals surface area contributed by atoms with Crippen LogP contribution >= 0.6 is 12.2 Å². The number of carbonyl (C=O) groups excluding carboxylic acids is 1. The lowest BCUT2D eigenvalue weighted by molar-refractivity contribution is -0.120. The van der Waals surface area contributed by atoms with E-state index in [0.29, 0.717) is 0 Å². The van der Waals surface area contributed by atoms with Gasteiger partial charge in [-0.3, -0.25) is 15.6 Å². The monoisotopic (exact) mass is 225 g/mol. The van der Waals surface area contributed by atoms with Crippen LogP contribution in [0.3, 0.4) is 0 Å². The number of sulfone groups is 1. The molecule has 0 aliphatic heterocycles. The normalized spacial score (nSPS) is 13.1. The summed E-state index contributed by atoms with van der Waals surface area (Å²) in [6.45, 7) is 1.27. The summed E-state index contributed by atoms with van der Waals surface area (Å²) < 4.78 is 21.7. The van der Waals surface area contributed by atoms with Crippen LogP contribution in [-0.4, -0.2) is 30.9 Å². The zero-order valence-electron chi connectivity index (χ0n) is 7.20. The second-order valence-corrected chi connectivity index (χ2v) is 5.26. The summed E-state index contributed by atoms with van der Waals surface area (Å²) in [6.07, 6.45) is 0.970. The number of rotatable bonds is 2. The first-order chi connectivity index (χ1) is 5.75. The van der Waals surface area contributed by atoms with Crippen molar-refractivity contribution < 1.29 is 13.2 Å². The van der Waals surface area contributed by atoms with E-state index >= 15 is 0 Å². The smallest absolute Gasteiger partial charge is 0.256 e. The number of carbonyl (C=O) groups is 1. The molecule has 0 aromatic heterocycles. The molecule has 0 rings (SSSR count). The highest BCUT2D eigenvalue weighted by molar-refractivity contribution is 7.92. The second-order valence-electron chi connectivity index (χ2n) is 2.45. The number of nitrogens with one attached hydrogen (secondary N) is 2. The highest BCUT2D eigenvalue weighted by Crippen LogP contribution is 1.96. The molecular weight excluding hydrogens is 214 g/mol. The largest absolute Gasteiger partial charge is 0.375 e. The van der Waals surface area contributed by atoms with E-state index in [4.69, 9.17) is 5.73 Å². The van der Waals surface area contributed by atoms with Crippen molar-refractivity contribution in [2.45, 2.75) is 12.2 Å². The summed E-state index contributed by atoms with van der Waals surface area (Å²) in [5, 5.41) is -1.26. The predicted molar refractivity (Wildman–Crippen MR) is 52.4 cm³/mol. The van der Waals surface area contributed by atoms with E-state index in [9.17, 15) is 13.2 Å². The van der Waals surface area contributed by atoms with Crippen LogP contribution in [0.1, 0.15) is 6.92 Å². The van der Waals surface area contributed by atoms with Crippen LogP contribution in [0.4, 0.5) is 0 Å². The molecule has 0 aromatic rings. The third-order valence-electron chi connectivity index (χ3n) is 1.32. The molecule has 1 amide bonds. The number of nitrogens with two attached hydrogens (primary N) is 1. The lowest BCUT2D eigenvalue weighted by Gasteiger charge is -2.10. The predicted octanol–water partition coefficient (Wildman–Crippen LogP) is -1.72. The van der Waals surface area contributed by atoms with Crippen LogP contribution in [0.2, 0.25) is 0 Å². The van der Waals surface area contributed by atoms with Crippen molar-refractivity contribution in [3.8, 4) is 0 Å². The quantitative estimate of drug-likeness (QED) is 0.382. The van der Waals surface area contributed by atoms with Gasteiger partial charge in [-0.1, -0.05) is 0 Å². The summed E-state index contributed by atoms with van der Waals surface area (Å²) in [7, 11) is -3.39. The third-order valence-corrected chi connectivity index (χ3v) is 2.92. The van der Waals surface area contributed by atoms with Crippen LogP contribution in [0.25, 0.3) is 0 Å². The van der Waals surface area contributed by atoms with Crippen molar-refractivity contribution in [2.24, 2.45) is 5.73 Å². The van der Waals surface area contributed by atoms with E-state index in [1.807, 2.05) is 0 Å². The van der Waals surface area contributed by atoms with E-state index in [1.54, 1.807) is 0 Å². The summed E-state index contributed by atoms with van der Waals surface area (Å²) >= 11 is 4.40. The lowest BCUT2D eigenvalue weighted by atomic mass is 10.5. The number of hydrogen-bond acceptors (Lipinski definition) is 4. The van der Waals surface area contributed by atoms with Gasteiger partial charge < -0.3 is 5.73 Å². The minimum Gasteiger partial charge on any atom is -0.375 e. The molecular formula is C5H11N3O3S2. The zero-order chi connectivity index (χ0) is 10.6. The van der Waals surface area contributed by atoms with Crippen LogP contribution in [0, 0.1) is 0 Å². The summed E-state index contributed by atoms with van der Waals surface area (Å²) in [4.78, 5) is 11.0. The van der Waals surface area contributed by atoms with Crippen LogP contribution in [0.5, 0.6) is 0 Å². The molecule has 0 saturated heterocycles. The zero-order valence-corrected chi connectivity index (χ0v) is 8.83. The van der Waals surface area contributed by atoms with Crippen LogP contribution in [0.15, 0.2) is 0 Å². The molecule has 8 heteroatoms. The van der Waals surface area contributed by atoms with E-state index < -0.39 is 21.0 Å². The molecule has 0 heterocycles. The fourth-order valence-electron chi connectivity index (χ4n) is 0.419. The molecule has 0 saturated carbocycles. The van der Waals surface area contributed by atoms with Gasteiger partial charge in [-0.25, -0.2) is 8.42 Å². The first kappa shape index (κ1) is 12.1. The van der Waals surface area contributed by atoms with Gasteiger partial charge in [-0.2, -0.15) is 0 Å². The first-order valence-corrected chi connectivity index (χ1v) is 5.65. The molecule has 0 aliphatic rings. The number of amides is 1. The fraction of sp³-hybridized carbons (Fsp3) is 0.600. The van der Waals surface area contributed by atoms with E-state index in [2.05, 4.69) is 23.1 Å². The minimum atomic E-state index is -3.39. The van der Waals surface area contributed by atoms with Gasteiger partial charge in [0.25, 0.3) is 5.91 Å². The lowest BCUT2D eigenvalue weighted by Crippen LogP contribution is -2.49. The standard InChI is InChI=1S/C5H11N3O3S2/c1-3(13(2,10)11)4(9)7-8-5(6)12/h3H,1-2H3,(H,7,9)(H3,6,8,12). The fourth-order valence-corrected chi connectivity index (χ4v) is 0.918. The van der Waals surface area contributed by atoms with Crippen molar-refractivity contribution >= 4 is 33.1 Å². The summed E-state index contributed by atoms with van der Waals surface area (Å²) in [5.74, 6) is -0.699. The van der Waals surface area contributed by atoms with E-state index in [-0.39, 0.29) is 5.11 Å². The molecule has 1 unspecified atom stereocenters. The SMILES string of the molecule is CC(C(=O)NNC(N)=S)S(C)(=O)=O. The molecule has 1 atom stereocenters. The Morgan fingerprint density at radius 2 is 1.92 bits per heavy atom. The molecule has 0 radical (unpaired) electrons. The molecule has 76 valence electrons. The van der Waals surface area contributed by atoms with Crippen LogP contribution in [-0.2, 0) is 14.6 Å². The maximum absolute atomic E-state index is 11.0. The maximum Gasteiger partial charge on any atom is 0.256 e. The molecule has 13 heavy (non-hydrogen) atoms. The Kier molecular flexibility index (Phi) is 4.08. The van der Waals surface area contributed by atoms with Gasteiger partial charge >= 0.3 is 0 Å². The van der Waals surface area contributed by atoms with Crippen molar-refractivity contribution in [3.05, 3.63) is 0 Å². The maximum atomic E-state index is 11.0. The van der Waals surface area contributed by atoms with E-state index in [0.717, 1.165) is 6.26 Å². The Hall–Kier alpha value is -0.890. The van der Waals surface area contributed by atoms with Crippen molar-refractivity contribution in [3.63, 3.8) is 0 Å². The molecule has 0 fully saturated rings. The molecule has 6 nitrogen and oxygen atoms in total. The van der Waals surface area contributed by atoms with Crippen molar-refractivity contribution in [1.82, 2.24) is 10.9 Å². The van der Waals surface area contributed by atoms with E-state index in [1.165, 1.54) is 6.92 Å². The average Bonchev–Trinajstić information content (AvgIpc) is 1.96. The molecule has 0 bridgehead atoms. The van der Waals surface area contributed by atoms with Gasteiger partial charge in [0.05, 0.1) is 0 Å². The Labute approximate surface area is 81.8 Å². The van der Waals surface area contributed by atoms with Gasteiger partial charge in [0.15, 0.2) is 14.9 Å². The van der Waals surface area contributed by atoms with Crippen molar-refractivity contribution in [1.29, 1.82) is 0 Å². The molecule has 4 N–H and O–H groups in total. The summed E-state index contributed by atoms with van der Waals surface area (Å²) in [6, 6.07) is 0. The Balaban J connectivity index is 4.22. The minimum absolute atomic E-state index is 0.131. The Morgan fingerprint density at radius 1 is 1.46 bits per heavy atom. The molecule has 0 spiro atoms. The number of hydrogen-bond donors (Lipinski definition) is 3. The van der Waals surface area contributed by atoms with Crippen molar-refractivity contribution in [2.75, 3.05) is 6.26 Å². The van der Waals surface area contributed by atoms with Gasteiger partial charge in [0.1, 0.15) is 5.25 Å². The Morgan fingerprint density at radius 3 is 2.23 bits per heavy atom. The van der Waals surface area contributed by atoms with Crippen LogP contribution < -0.4 is 16.6 Å².